The van der Waals surface area contributed by atoms with Crippen molar-refractivity contribution in [2.45, 2.75) is 31.2 Å². The summed E-state index contributed by atoms with van der Waals surface area (Å²) >= 11 is 3.18. The van der Waals surface area contributed by atoms with E-state index in [-0.39, 0.29) is 10.8 Å². The van der Waals surface area contributed by atoms with E-state index >= 15 is 0 Å². The van der Waals surface area contributed by atoms with Crippen molar-refractivity contribution in [3.05, 3.63) is 28.7 Å². The zero-order chi connectivity index (χ0) is 14.5. The Morgan fingerprint density at radius 3 is 2.58 bits per heavy atom. The maximum atomic E-state index is 12.1. The van der Waals surface area contributed by atoms with E-state index in [9.17, 15) is 13.2 Å². The van der Waals surface area contributed by atoms with Crippen LogP contribution in [-0.4, -0.2) is 26.9 Å². The molecule has 0 aliphatic carbocycles. The Morgan fingerprint density at radius 1 is 1.37 bits per heavy atom. The Labute approximate surface area is 122 Å². The predicted molar refractivity (Wildman–Crippen MR) is 77.2 cm³/mol. The molecule has 0 aromatic heterocycles. The smallest absolute Gasteiger partial charge is 0.242 e. The number of halogens is 1. The largest absolute Gasteiger partial charge is 0.355 e. The normalized spacial score (nSPS) is 13.0. The number of benzene rings is 1. The molecule has 7 heteroatoms. The standard InChI is InChI=1S/C12H17BrN2O3S/c1-3-8-14-12(16)9(2)15-19(17,18)11-7-5-4-6-10(11)13/h4-7,9,15H,3,8H2,1-2H3,(H,14,16)/t9-/m1/s1. The molecule has 0 aliphatic heterocycles. The Kier molecular flexibility index (Phi) is 5.96. The molecule has 0 fully saturated rings. The number of amides is 1. The molecule has 19 heavy (non-hydrogen) atoms. The van der Waals surface area contributed by atoms with Crippen molar-refractivity contribution in [2.24, 2.45) is 0 Å². The minimum absolute atomic E-state index is 0.116. The minimum Gasteiger partial charge on any atom is -0.355 e. The van der Waals surface area contributed by atoms with E-state index < -0.39 is 16.1 Å². The lowest BCUT2D eigenvalue weighted by Crippen LogP contribution is -2.44. The summed E-state index contributed by atoms with van der Waals surface area (Å²) in [6.45, 7) is 3.97. The molecule has 1 aromatic rings. The van der Waals surface area contributed by atoms with Gasteiger partial charge in [-0.3, -0.25) is 4.79 Å². The van der Waals surface area contributed by atoms with Gasteiger partial charge in [0, 0.05) is 11.0 Å². The summed E-state index contributed by atoms with van der Waals surface area (Å²) in [7, 11) is -3.72. The maximum Gasteiger partial charge on any atom is 0.242 e. The number of carbonyl (C=O) groups excluding carboxylic acids is 1. The molecule has 1 rings (SSSR count). The molecule has 0 bridgehead atoms. The molecule has 1 amide bonds. The highest BCUT2D eigenvalue weighted by Crippen LogP contribution is 2.21. The SMILES string of the molecule is CCCNC(=O)[C@@H](C)NS(=O)(=O)c1ccccc1Br. The lowest BCUT2D eigenvalue weighted by molar-refractivity contribution is -0.122. The molecule has 2 N–H and O–H groups in total. The van der Waals surface area contributed by atoms with Gasteiger partial charge in [0.15, 0.2) is 0 Å². The summed E-state index contributed by atoms with van der Waals surface area (Å²) in [4.78, 5) is 11.8. The van der Waals surface area contributed by atoms with Crippen LogP contribution in [0.4, 0.5) is 0 Å². The first-order valence-corrected chi connectivity index (χ1v) is 8.20. The fraction of sp³-hybridized carbons (Fsp3) is 0.417. The van der Waals surface area contributed by atoms with Crippen LogP contribution in [0.5, 0.6) is 0 Å². The Hall–Kier alpha value is -0.920. The third kappa shape index (κ3) is 4.59. The van der Waals surface area contributed by atoms with Gasteiger partial charge in [0.25, 0.3) is 0 Å². The molecule has 0 heterocycles. The van der Waals surface area contributed by atoms with Crippen molar-refractivity contribution in [3.8, 4) is 0 Å². The van der Waals surface area contributed by atoms with Gasteiger partial charge in [-0.15, -0.1) is 0 Å². The van der Waals surface area contributed by atoms with E-state index in [4.69, 9.17) is 0 Å². The van der Waals surface area contributed by atoms with Gasteiger partial charge in [0.05, 0.1) is 10.9 Å². The fourth-order valence-corrected chi connectivity index (χ4v) is 3.62. The Bertz CT molecular complexity index is 546. The Balaban J connectivity index is 2.81. The molecular weight excluding hydrogens is 332 g/mol. The van der Waals surface area contributed by atoms with Crippen LogP contribution in [0.25, 0.3) is 0 Å². The summed E-state index contributed by atoms with van der Waals surface area (Å²) in [5, 5.41) is 2.64. The van der Waals surface area contributed by atoms with Gasteiger partial charge in [-0.2, -0.15) is 4.72 Å². The Morgan fingerprint density at radius 2 is 2.00 bits per heavy atom. The topological polar surface area (TPSA) is 75.3 Å². The zero-order valence-corrected chi connectivity index (χ0v) is 13.2. The van der Waals surface area contributed by atoms with E-state index in [0.717, 1.165) is 6.42 Å². The maximum absolute atomic E-state index is 12.1. The van der Waals surface area contributed by atoms with Crippen LogP contribution in [0.2, 0.25) is 0 Å². The second-order valence-corrected chi connectivity index (χ2v) is 6.60. The monoisotopic (exact) mass is 348 g/mol. The first-order valence-electron chi connectivity index (χ1n) is 5.93. The predicted octanol–water partition coefficient (Wildman–Crippen LogP) is 1.64. The van der Waals surface area contributed by atoms with Crippen molar-refractivity contribution < 1.29 is 13.2 Å². The van der Waals surface area contributed by atoms with E-state index in [1.165, 1.54) is 13.0 Å². The zero-order valence-electron chi connectivity index (χ0n) is 10.8. The van der Waals surface area contributed by atoms with Crippen molar-refractivity contribution in [1.29, 1.82) is 0 Å². The first-order chi connectivity index (χ1) is 8.88. The van der Waals surface area contributed by atoms with Crippen LogP contribution in [0, 0.1) is 0 Å². The van der Waals surface area contributed by atoms with E-state index in [2.05, 4.69) is 26.0 Å². The number of nitrogens with one attached hydrogen (secondary N) is 2. The van der Waals surface area contributed by atoms with Crippen LogP contribution >= 0.6 is 15.9 Å². The highest BCUT2D eigenvalue weighted by Gasteiger charge is 2.23. The molecule has 106 valence electrons. The molecule has 0 saturated carbocycles. The summed E-state index contributed by atoms with van der Waals surface area (Å²) in [6.07, 6.45) is 0.801. The van der Waals surface area contributed by atoms with Gasteiger partial charge in [-0.05, 0) is 41.4 Å². The van der Waals surface area contributed by atoms with Crippen LogP contribution < -0.4 is 10.0 Å². The lowest BCUT2D eigenvalue weighted by Gasteiger charge is -2.14. The minimum atomic E-state index is -3.72. The number of hydrogen-bond acceptors (Lipinski definition) is 3. The number of carbonyl (C=O) groups is 1. The molecule has 0 aliphatic rings. The number of sulfonamides is 1. The molecule has 0 radical (unpaired) electrons. The average molecular weight is 349 g/mol. The second kappa shape index (κ2) is 7.02. The average Bonchev–Trinajstić information content (AvgIpc) is 2.35. The van der Waals surface area contributed by atoms with Crippen LogP contribution in [0.3, 0.4) is 0 Å². The molecule has 1 atom stereocenters. The van der Waals surface area contributed by atoms with Gasteiger partial charge in [0.1, 0.15) is 0 Å². The van der Waals surface area contributed by atoms with Crippen molar-refractivity contribution >= 4 is 31.9 Å². The van der Waals surface area contributed by atoms with Gasteiger partial charge in [-0.25, -0.2) is 8.42 Å². The molecule has 0 saturated heterocycles. The quantitative estimate of drug-likeness (QED) is 0.820. The number of hydrogen-bond donors (Lipinski definition) is 2. The third-order valence-electron chi connectivity index (χ3n) is 2.40. The lowest BCUT2D eigenvalue weighted by atomic mass is 10.3. The van der Waals surface area contributed by atoms with Crippen molar-refractivity contribution in [2.75, 3.05) is 6.54 Å². The summed E-state index contributed by atoms with van der Waals surface area (Å²) in [6, 6.07) is 5.64. The molecule has 0 spiro atoms. The molecule has 1 aromatic carbocycles. The molecule has 5 nitrogen and oxygen atoms in total. The van der Waals surface area contributed by atoms with Gasteiger partial charge in [0.2, 0.25) is 15.9 Å². The van der Waals surface area contributed by atoms with E-state index in [1.807, 2.05) is 6.92 Å². The summed E-state index contributed by atoms with van der Waals surface area (Å²) < 4.78 is 27.1. The van der Waals surface area contributed by atoms with Crippen molar-refractivity contribution in [3.63, 3.8) is 0 Å². The summed E-state index contributed by atoms with van der Waals surface area (Å²) in [5.41, 5.74) is 0. The highest BCUT2D eigenvalue weighted by atomic mass is 79.9. The fourth-order valence-electron chi connectivity index (χ4n) is 1.41. The van der Waals surface area contributed by atoms with Gasteiger partial charge < -0.3 is 5.32 Å². The van der Waals surface area contributed by atoms with E-state index in [0.29, 0.717) is 11.0 Å². The molecular formula is C12H17BrN2O3S. The second-order valence-electron chi connectivity index (χ2n) is 4.06. The van der Waals surface area contributed by atoms with Gasteiger partial charge in [-0.1, -0.05) is 19.1 Å². The first kappa shape index (κ1) is 16.1. The van der Waals surface area contributed by atoms with E-state index in [1.54, 1.807) is 18.2 Å². The van der Waals surface area contributed by atoms with Crippen LogP contribution in [0.15, 0.2) is 33.6 Å². The van der Waals surface area contributed by atoms with Gasteiger partial charge >= 0.3 is 0 Å². The van der Waals surface area contributed by atoms with Crippen LogP contribution in [0.1, 0.15) is 20.3 Å². The number of rotatable bonds is 6. The van der Waals surface area contributed by atoms with Crippen molar-refractivity contribution in [1.82, 2.24) is 10.0 Å². The third-order valence-corrected chi connectivity index (χ3v) is 4.95. The molecule has 0 unspecified atom stereocenters. The highest BCUT2D eigenvalue weighted by molar-refractivity contribution is 9.10. The van der Waals surface area contributed by atoms with Crippen LogP contribution in [-0.2, 0) is 14.8 Å². The summed E-state index contributed by atoms with van der Waals surface area (Å²) in [5.74, 6) is -0.336.